The van der Waals surface area contributed by atoms with Gasteiger partial charge in [-0.3, -0.25) is 4.99 Å². The molecule has 2 aromatic rings. The van der Waals surface area contributed by atoms with Crippen molar-refractivity contribution in [2.24, 2.45) is 4.99 Å². The predicted molar refractivity (Wildman–Crippen MR) is 111 cm³/mol. The van der Waals surface area contributed by atoms with E-state index in [0.717, 1.165) is 35.8 Å². The van der Waals surface area contributed by atoms with E-state index >= 15 is 0 Å². The van der Waals surface area contributed by atoms with Gasteiger partial charge < -0.3 is 24.8 Å². The number of terminal acetylenes is 1. The third-order valence-electron chi connectivity index (χ3n) is 3.95. The van der Waals surface area contributed by atoms with Gasteiger partial charge in [-0.15, -0.1) is 6.42 Å². The molecule has 0 saturated carbocycles. The van der Waals surface area contributed by atoms with Crippen molar-refractivity contribution in [3.63, 3.8) is 0 Å². The highest BCUT2D eigenvalue weighted by Crippen LogP contribution is 2.32. The van der Waals surface area contributed by atoms with Crippen LogP contribution in [0.15, 0.2) is 53.5 Å². The molecule has 0 spiro atoms. The molecule has 0 amide bonds. The molecule has 6 heteroatoms. The first kappa shape index (κ1) is 19.4. The lowest BCUT2D eigenvalue weighted by molar-refractivity contribution is 0.297. The number of fused-ring (bicyclic) bond motifs is 1. The first-order valence-electron chi connectivity index (χ1n) is 9.41. The molecule has 0 radical (unpaired) electrons. The van der Waals surface area contributed by atoms with Gasteiger partial charge in [0.25, 0.3) is 0 Å². The number of guanidine groups is 1. The number of para-hydroxylation sites is 1. The van der Waals surface area contributed by atoms with Crippen LogP contribution in [0.25, 0.3) is 0 Å². The van der Waals surface area contributed by atoms with Gasteiger partial charge in [0.05, 0.1) is 26.4 Å². The van der Waals surface area contributed by atoms with Crippen LogP contribution in [0.4, 0.5) is 5.69 Å². The summed E-state index contributed by atoms with van der Waals surface area (Å²) in [4.78, 5) is 4.57. The molecule has 0 atom stereocenters. The third-order valence-corrected chi connectivity index (χ3v) is 3.95. The summed E-state index contributed by atoms with van der Waals surface area (Å²) in [6.07, 6.45) is 7.03. The van der Waals surface area contributed by atoms with Crippen LogP contribution in [0.2, 0.25) is 0 Å². The molecule has 0 fully saturated rings. The van der Waals surface area contributed by atoms with Crippen molar-refractivity contribution in [3.05, 3.63) is 48.5 Å². The molecule has 2 aromatic carbocycles. The summed E-state index contributed by atoms with van der Waals surface area (Å²) in [5, 5.41) is 6.37. The van der Waals surface area contributed by atoms with Crippen molar-refractivity contribution in [2.45, 2.75) is 12.8 Å². The van der Waals surface area contributed by atoms with Gasteiger partial charge in [0, 0.05) is 31.1 Å². The van der Waals surface area contributed by atoms with Gasteiger partial charge in [0.2, 0.25) is 0 Å². The molecule has 0 aromatic heterocycles. The molecular formula is C22H25N3O3. The molecule has 1 heterocycles. The van der Waals surface area contributed by atoms with E-state index in [2.05, 4.69) is 21.5 Å². The fourth-order valence-electron chi connectivity index (χ4n) is 2.61. The highest BCUT2D eigenvalue weighted by molar-refractivity contribution is 5.94. The number of nitrogens with zero attached hydrogens (tertiary/aromatic N) is 1. The molecule has 6 nitrogen and oxygen atoms in total. The van der Waals surface area contributed by atoms with E-state index in [9.17, 15) is 0 Å². The van der Waals surface area contributed by atoms with E-state index in [0.29, 0.717) is 38.9 Å². The second-order valence-electron chi connectivity index (χ2n) is 6.14. The van der Waals surface area contributed by atoms with Crippen LogP contribution >= 0.6 is 0 Å². The number of nitrogens with one attached hydrogen (secondary N) is 2. The quantitative estimate of drug-likeness (QED) is 0.334. The highest BCUT2D eigenvalue weighted by Gasteiger charge is 2.11. The minimum atomic E-state index is 0.386. The SMILES string of the molecule is C#CCNC(=NCCCOc1ccccc1)Nc1ccc2c(c1)OCCCO2. The van der Waals surface area contributed by atoms with E-state index in [1.54, 1.807) is 0 Å². The Morgan fingerprint density at radius 2 is 1.93 bits per heavy atom. The maximum atomic E-state index is 5.73. The fraction of sp³-hybridized carbons (Fsp3) is 0.318. The molecule has 0 aliphatic carbocycles. The molecule has 0 bridgehead atoms. The second-order valence-corrected chi connectivity index (χ2v) is 6.14. The van der Waals surface area contributed by atoms with Gasteiger partial charge in [-0.1, -0.05) is 24.1 Å². The van der Waals surface area contributed by atoms with Crippen molar-refractivity contribution in [3.8, 4) is 29.6 Å². The Hall–Kier alpha value is -3.33. The lowest BCUT2D eigenvalue weighted by Crippen LogP contribution is -2.31. The molecule has 0 unspecified atom stereocenters. The Balaban J connectivity index is 1.54. The zero-order valence-corrected chi connectivity index (χ0v) is 15.8. The lowest BCUT2D eigenvalue weighted by atomic mass is 10.3. The normalized spacial score (nSPS) is 13.2. The first-order chi connectivity index (χ1) is 13.8. The predicted octanol–water partition coefficient (Wildman–Crippen LogP) is 3.31. The Morgan fingerprint density at radius 1 is 1.11 bits per heavy atom. The number of aliphatic imine (C=N–C) groups is 1. The fourth-order valence-corrected chi connectivity index (χ4v) is 2.61. The number of anilines is 1. The van der Waals surface area contributed by atoms with E-state index < -0.39 is 0 Å². The summed E-state index contributed by atoms with van der Waals surface area (Å²) >= 11 is 0. The molecule has 1 aliphatic heterocycles. The van der Waals surface area contributed by atoms with Gasteiger partial charge >= 0.3 is 0 Å². The maximum absolute atomic E-state index is 5.73. The van der Waals surface area contributed by atoms with Gasteiger partial charge in [0.1, 0.15) is 5.75 Å². The smallest absolute Gasteiger partial charge is 0.196 e. The molecule has 1 aliphatic rings. The summed E-state index contributed by atoms with van der Waals surface area (Å²) in [5.74, 6) is 5.54. The zero-order chi connectivity index (χ0) is 19.4. The number of rotatable bonds is 7. The second kappa shape index (κ2) is 10.7. The van der Waals surface area contributed by atoms with Gasteiger partial charge in [0.15, 0.2) is 17.5 Å². The Bertz CT molecular complexity index is 816. The van der Waals surface area contributed by atoms with Crippen molar-refractivity contribution >= 4 is 11.6 Å². The summed E-state index contributed by atoms with van der Waals surface area (Å²) < 4.78 is 17.1. The third kappa shape index (κ3) is 6.13. The maximum Gasteiger partial charge on any atom is 0.196 e. The Labute approximate surface area is 165 Å². The van der Waals surface area contributed by atoms with Crippen molar-refractivity contribution < 1.29 is 14.2 Å². The van der Waals surface area contributed by atoms with Crippen molar-refractivity contribution in [1.29, 1.82) is 0 Å². The Kier molecular flexibility index (Phi) is 7.45. The average Bonchev–Trinajstić information content (AvgIpc) is 2.97. The summed E-state index contributed by atoms with van der Waals surface area (Å²) in [7, 11) is 0. The van der Waals surface area contributed by atoms with Crippen LogP contribution in [-0.4, -0.2) is 38.9 Å². The highest BCUT2D eigenvalue weighted by atomic mass is 16.5. The number of hydrogen-bond acceptors (Lipinski definition) is 4. The van der Waals surface area contributed by atoms with Crippen molar-refractivity contribution in [1.82, 2.24) is 5.32 Å². The summed E-state index contributed by atoms with van der Waals surface area (Å²) in [6, 6.07) is 15.5. The van der Waals surface area contributed by atoms with Crippen molar-refractivity contribution in [2.75, 3.05) is 38.2 Å². The molecular weight excluding hydrogens is 354 g/mol. The summed E-state index contributed by atoms with van der Waals surface area (Å²) in [5.41, 5.74) is 0.855. The molecule has 2 N–H and O–H groups in total. The van der Waals surface area contributed by atoms with Gasteiger partial charge in [-0.05, 0) is 24.3 Å². The minimum Gasteiger partial charge on any atom is -0.494 e. The molecule has 0 saturated heterocycles. The average molecular weight is 379 g/mol. The van der Waals surface area contributed by atoms with Crippen LogP contribution in [0, 0.1) is 12.3 Å². The topological polar surface area (TPSA) is 64.1 Å². The largest absolute Gasteiger partial charge is 0.494 e. The summed E-state index contributed by atoms with van der Waals surface area (Å²) in [6.45, 7) is 2.91. The number of hydrogen-bond donors (Lipinski definition) is 2. The number of benzene rings is 2. The van der Waals surface area contributed by atoms with Gasteiger partial charge in [-0.25, -0.2) is 0 Å². The minimum absolute atomic E-state index is 0.386. The monoisotopic (exact) mass is 379 g/mol. The van der Waals surface area contributed by atoms with Gasteiger partial charge in [-0.2, -0.15) is 0 Å². The molecule has 3 rings (SSSR count). The lowest BCUT2D eigenvalue weighted by Gasteiger charge is -2.13. The van der Waals surface area contributed by atoms with E-state index in [4.69, 9.17) is 20.6 Å². The van der Waals surface area contributed by atoms with Crippen LogP contribution in [0.1, 0.15) is 12.8 Å². The van der Waals surface area contributed by atoms with Crippen LogP contribution in [0.5, 0.6) is 17.2 Å². The molecule has 146 valence electrons. The van der Waals surface area contributed by atoms with Crippen LogP contribution in [0.3, 0.4) is 0 Å². The van der Waals surface area contributed by atoms with E-state index in [-0.39, 0.29) is 0 Å². The van der Waals surface area contributed by atoms with E-state index in [1.165, 1.54) is 0 Å². The van der Waals surface area contributed by atoms with Crippen LogP contribution in [-0.2, 0) is 0 Å². The van der Waals surface area contributed by atoms with Crippen LogP contribution < -0.4 is 24.8 Å². The standard InChI is InChI=1S/C22H25N3O3/c1-2-12-23-22(24-13-6-14-26-19-8-4-3-5-9-19)25-18-10-11-20-21(17-18)28-16-7-15-27-20/h1,3-5,8-11,17H,6-7,12-16H2,(H2,23,24,25). The zero-order valence-electron chi connectivity index (χ0n) is 15.8. The molecule has 28 heavy (non-hydrogen) atoms. The van der Waals surface area contributed by atoms with E-state index in [1.807, 2.05) is 48.5 Å². The Morgan fingerprint density at radius 3 is 2.75 bits per heavy atom. The number of ether oxygens (including phenoxy) is 3. The first-order valence-corrected chi connectivity index (χ1v) is 9.41.